The molecule has 2 rings (SSSR count). The zero-order chi connectivity index (χ0) is 11.8. The third-order valence-electron chi connectivity index (χ3n) is 4.03. The minimum atomic E-state index is 0.0934. The average molecular weight is 222 g/mol. The molecule has 0 spiro atoms. The van der Waals surface area contributed by atoms with Gasteiger partial charge in [0.1, 0.15) is 0 Å². The van der Waals surface area contributed by atoms with E-state index < -0.39 is 0 Å². The highest BCUT2D eigenvalue weighted by molar-refractivity contribution is 5.92. The fourth-order valence-corrected chi connectivity index (χ4v) is 2.66. The molecule has 0 bridgehead atoms. The number of rotatable bonds is 4. The molecule has 2 nitrogen and oxygen atoms in total. The number of carbonyl (C=O) groups excluding carboxylic acids is 1. The van der Waals surface area contributed by atoms with E-state index in [9.17, 15) is 4.79 Å². The van der Waals surface area contributed by atoms with Crippen LogP contribution in [0.5, 0.6) is 0 Å². The van der Waals surface area contributed by atoms with E-state index in [4.69, 9.17) is 4.74 Å². The SMILES string of the molecule is C[C@@H](CCC1OC1(C)C)[C@H]1CCC=CC1=O. The lowest BCUT2D eigenvalue weighted by molar-refractivity contribution is -0.120. The van der Waals surface area contributed by atoms with Gasteiger partial charge in [-0.2, -0.15) is 0 Å². The first kappa shape index (κ1) is 11.8. The maximum Gasteiger partial charge on any atom is 0.158 e. The van der Waals surface area contributed by atoms with Gasteiger partial charge in [-0.25, -0.2) is 0 Å². The largest absolute Gasteiger partial charge is 0.367 e. The topological polar surface area (TPSA) is 29.6 Å². The molecule has 2 aliphatic rings. The molecule has 0 saturated carbocycles. The Morgan fingerprint density at radius 3 is 2.81 bits per heavy atom. The van der Waals surface area contributed by atoms with Crippen LogP contribution in [0.2, 0.25) is 0 Å². The third kappa shape index (κ3) is 2.54. The van der Waals surface area contributed by atoms with Gasteiger partial charge in [0.25, 0.3) is 0 Å². The van der Waals surface area contributed by atoms with Crippen molar-refractivity contribution in [1.29, 1.82) is 0 Å². The van der Waals surface area contributed by atoms with Gasteiger partial charge >= 0.3 is 0 Å². The minimum Gasteiger partial charge on any atom is -0.367 e. The van der Waals surface area contributed by atoms with Crippen LogP contribution >= 0.6 is 0 Å². The van der Waals surface area contributed by atoms with E-state index in [1.54, 1.807) is 6.08 Å². The summed E-state index contributed by atoms with van der Waals surface area (Å²) in [6.45, 7) is 6.48. The lowest BCUT2D eigenvalue weighted by Gasteiger charge is -2.23. The van der Waals surface area contributed by atoms with Crippen LogP contribution in [0.1, 0.15) is 46.5 Å². The number of allylic oxidation sites excluding steroid dienone is 2. The van der Waals surface area contributed by atoms with E-state index >= 15 is 0 Å². The Kier molecular flexibility index (Phi) is 3.20. The molecule has 1 aliphatic carbocycles. The van der Waals surface area contributed by atoms with Gasteiger partial charge in [-0.15, -0.1) is 0 Å². The molecule has 2 heteroatoms. The fourth-order valence-electron chi connectivity index (χ4n) is 2.66. The van der Waals surface area contributed by atoms with Gasteiger partial charge < -0.3 is 4.74 Å². The molecule has 3 atom stereocenters. The summed E-state index contributed by atoms with van der Waals surface area (Å²) in [5.74, 6) is 1.08. The van der Waals surface area contributed by atoms with Crippen LogP contribution in [-0.4, -0.2) is 17.5 Å². The second-order valence-electron chi connectivity index (χ2n) is 5.75. The van der Waals surface area contributed by atoms with Crippen LogP contribution in [0, 0.1) is 11.8 Å². The molecule has 0 aromatic rings. The van der Waals surface area contributed by atoms with Crippen molar-refractivity contribution < 1.29 is 9.53 Å². The molecule has 1 unspecified atom stereocenters. The smallest absolute Gasteiger partial charge is 0.158 e. The van der Waals surface area contributed by atoms with Crippen molar-refractivity contribution in [2.45, 2.75) is 58.2 Å². The summed E-state index contributed by atoms with van der Waals surface area (Å²) >= 11 is 0. The summed E-state index contributed by atoms with van der Waals surface area (Å²) in [4.78, 5) is 11.7. The second kappa shape index (κ2) is 4.33. The van der Waals surface area contributed by atoms with E-state index in [0.717, 1.165) is 25.7 Å². The van der Waals surface area contributed by atoms with Crippen molar-refractivity contribution >= 4 is 5.78 Å². The minimum absolute atomic E-state index is 0.0934. The zero-order valence-electron chi connectivity index (χ0n) is 10.5. The van der Waals surface area contributed by atoms with Crippen molar-refractivity contribution in [2.24, 2.45) is 11.8 Å². The van der Waals surface area contributed by atoms with E-state index in [1.165, 1.54) is 0 Å². The molecule has 90 valence electrons. The van der Waals surface area contributed by atoms with Gasteiger partial charge in [-0.1, -0.05) is 13.0 Å². The normalized spacial score (nSPS) is 33.8. The lowest BCUT2D eigenvalue weighted by atomic mass is 9.80. The number of ketones is 1. The van der Waals surface area contributed by atoms with Gasteiger partial charge in [-0.05, 0) is 51.5 Å². The summed E-state index contributed by atoms with van der Waals surface area (Å²) in [5, 5.41) is 0. The maximum atomic E-state index is 11.7. The highest BCUT2D eigenvalue weighted by Crippen LogP contribution is 2.40. The van der Waals surface area contributed by atoms with Crippen molar-refractivity contribution in [3.63, 3.8) is 0 Å². The van der Waals surface area contributed by atoms with Gasteiger partial charge in [-0.3, -0.25) is 4.79 Å². The van der Waals surface area contributed by atoms with Gasteiger partial charge in [0, 0.05) is 5.92 Å². The molecule has 16 heavy (non-hydrogen) atoms. The molecule has 1 aliphatic heterocycles. The van der Waals surface area contributed by atoms with Gasteiger partial charge in [0.2, 0.25) is 0 Å². The summed E-state index contributed by atoms with van der Waals surface area (Å²) in [6.07, 6.45) is 8.49. The second-order valence-corrected chi connectivity index (χ2v) is 5.75. The third-order valence-corrected chi connectivity index (χ3v) is 4.03. The number of ether oxygens (including phenoxy) is 1. The Labute approximate surface area is 98.1 Å². The van der Waals surface area contributed by atoms with Gasteiger partial charge in [0.05, 0.1) is 11.7 Å². The van der Waals surface area contributed by atoms with Crippen LogP contribution in [-0.2, 0) is 9.53 Å². The van der Waals surface area contributed by atoms with E-state index in [1.807, 2.05) is 6.08 Å². The van der Waals surface area contributed by atoms with E-state index in [2.05, 4.69) is 20.8 Å². The fraction of sp³-hybridized carbons (Fsp3) is 0.786. The summed E-state index contributed by atoms with van der Waals surface area (Å²) < 4.78 is 5.57. The predicted molar refractivity (Wildman–Crippen MR) is 64.2 cm³/mol. The summed E-state index contributed by atoms with van der Waals surface area (Å²) in [7, 11) is 0. The Morgan fingerprint density at radius 1 is 1.56 bits per heavy atom. The van der Waals surface area contributed by atoms with Crippen LogP contribution < -0.4 is 0 Å². The van der Waals surface area contributed by atoms with Crippen LogP contribution in [0.25, 0.3) is 0 Å². The molecule has 0 radical (unpaired) electrons. The lowest BCUT2D eigenvalue weighted by Crippen LogP contribution is -2.23. The van der Waals surface area contributed by atoms with Gasteiger partial charge in [0.15, 0.2) is 5.78 Å². The predicted octanol–water partition coefficient (Wildman–Crippen LogP) is 3.12. The Balaban J connectivity index is 1.77. The molecule has 1 fully saturated rings. The molecule has 1 heterocycles. The van der Waals surface area contributed by atoms with Crippen LogP contribution in [0.15, 0.2) is 12.2 Å². The summed E-state index contributed by atoms with van der Waals surface area (Å²) in [5.41, 5.74) is 0.0934. The Bertz CT molecular complexity index is 304. The first-order chi connectivity index (χ1) is 7.50. The molecular formula is C14H22O2. The number of hydrogen-bond donors (Lipinski definition) is 0. The zero-order valence-corrected chi connectivity index (χ0v) is 10.5. The van der Waals surface area contributed by atoms with E-state index in [-0.39, 0.29) is 11.5 Å². The van der Waals surface area contributed by atoms with Crippen molar-refractivity contribution in [3.8, 4) is 0 Å². The highest BCUT2D eigenvalue weighted by Gasteiger charge is 2.47. The van der Waals surface area contributed by atoms with Crippen molar-refractivity contribution in [1.82, 2.24) is 0 Å². The maximum absolute atomic E-state index is 11.7. The first-order valence-corrected chi connectivity index (χ1v) is 6.39. The molecule has 0 amide bonds. The first-order valence-electron chi connectivity index (χ1n) is 6.39. The summed E-state index contributed by atoms with van der Waals surface area (Å²) in [6, 6.07) is 0. The monoisotopic (exact) mass is 222 g/mol. The molecule has 0 aromatic carbocycles. The quantitative estimate of drug-likeness (QED) is 0.684. The van der Waals surface area contributed by atoms with Crippen molar-refractivity contribution in [3.05, 3.63) is 12.2 Å². The number of hydrogen-bond acceptors (Lipinski definition) is 2. The van der Waals surface area contributed by atoms with E-state index in [0.29, 0.717) is 17.8 Å². The molecular weight excluding hydrogens is 200 g/mol. The number of epoxide rings is 1. The molecule has 0 N–H and O–H groups in total. The molecule has 0 aromatic heterocycles. The van der Waals surface area contributed by atoms with Crippen LogP contribution in [0.3, 0.4) is 0 Å². The highest BCUT2D eigenvalue weighted by atomic mass is 16.6. The standard InChI is InChI=1S/C14H22O2/c1-10(8-9-13-14(2,3)16-13)11-6-4-5-7-12(11)15/h5,7,10-11,13H,4,6,8-9H2,1-3H3/t10-,11+,13?/m0/s1. The average Bonchev–Trinajstić information content (AvgIpc) is 2.84. The van der Waals surface area contributed by atoms with Crippen molar-refractivity contribution in [2.75, 3.05) is 0 Å². The molecule has 1 saturated heterocycles. The Hall–Kier alpha value is -0.630. The van der Waals surface area contributed by atoms with Crippen LogP contribution in [0.4, 0.5) is 0 Å². The number of carbonyl (C=O) groups is 1. The Morgan fingerprint density at radius 2 is 2.25 bits per heavy atom.